The van der Waals surface area contributed by atoms with E-state index in [1.165, 1.54) is 16.2 Å². The molecule has 3 amide bonds. The number of thiophene rings is 1. The average Bonchev–Trinajstić information content (AvgIpc) is 3.56. The van der Waals surface area contributed by atoms with E-state index in [1.807, 2.05) is 49.0 Å². The van der Waals surface area contributed by atoms with Gasteiger partial charge in [0.05, 0.1) is 46.5 Å². The van der Waals surface area contributed by atoms with Crippen molar-refractivity contribution in [1.82, 2.24) is 14.8 Å². The highest BCUT2D eigenvalue weighted by Crippen LogP contribution is 2.35. The van der Waals surface area contributed by atoms with Crippen molar-refractivity contribution in [3.05, 3.63) is 67.8 Å². The topological polar surface area (TPSA) is 73.8 Å². The highest BCUT2D eigenvalue weighted by molar-refractivity contribution is 7.10. The van der Waals surface area contributed by atoms with Crippen LogP contribution in [0.3, 0.4) is 0 Å². The first-order valence-electron chi connectivity index (χ1n) is 11.3. The molecule has 1 fully saturated rings. The van der Waals surface area contributed by atoms with Gasteiger partial charge in [-0.15, -0.1) is 22.7 Å². The molecule has 176 valence electrons. The molecule has 0 saturated carbocycles. The van der Waals surface area contributed by atoms with Crippen molar-refractivity contribution < 1.29 is 14.4 Å². The highest BCUT2D eigenvalue weighted by atomic mass is 32.1. The van der Waals surface area contributed by atoms with Gasteiger partial charge in [-0.25, -0.2) is 4.98 Å². The molecule has 2 aromatic heterocycles. The summed E-state index contributed by atoms with van der Waals surface area (Å²) < 4.78 is 0. The molecule has 0 aliphatic carbocycles. The molecule has 7 nitrogen and oxygen atoms in total. The van der Waals surface area contributed by atoms with Crippen LogP contribution in [0.4, 0.5) is 5.69 Å². The second-order valence-electron chi connectivity index (χ2n) is 8.81. The zero-order valence-corrected chi connectivity index (χ0v) is 20.8. The summed E-state index contributed by atoms with van der Waals surface area (Å²) in [6.45, 7) is 4.02. The second-order valence-corrected chi connectivity index (χ2v) is 10.9. The normalized spacial score (nSPS) is 17.9. The van der Waals surface area contributed by atoms with Crippen molar-refractivity contribution in [3.8, 4) is 0 Å². The van der Waals surface area contributed by atoms with E-state index in [0.29, 0.717) is 24.2 Å². The maximum Gasteiger partial charge on any atom is 0.264 e. The number of amides is 3. The Morgan fingerprint density at radius 3 is 2.76 bits per heavy atom. The zero-order valence-electron chi connectivity index (χ0n) is 19.2. The Kier molecular flexibility index (Phi) is 6.22. The van der Waals surface area contributed by atoms with Gasteiger partial charge in [0.1, 0.15) is 0 Å². The number of nitrogens with zero attached hydrogens (tertiary/aromatic N) is 4. The van der Waals surface area contributed by atoms with Gasteiger partial charge in [0.25, 0.3) is 11.8 Å². The summed E-state index contributed by atoms with van der Waals surface area (Å²) in [5.41, 5.74) is 2.56. The van der Waals surface area contributed by atoms with Crippen LogP contribution in [-0.4, -0.2) is 52.6 Å². The molecule has 0 bridgehead atoms. The summed E-state index contributed by atoms with van der Waals surface area (Å²) in [7, 11) is 1.82. The van der Waals surface area contributed by atoms with Crippen molar-refractivity contribution in [1.29, 1.82) is 0 Å². The predicted molar refractivity (Wildman–Crippen MR) is 133 cm³/mol. The van der Waals surface area contributed by atoms with Crippen molar-refractivity contribution in [2.24, 2.45) is 5.92 Å². The first kappa shape index (κ1) is 22.7. The summed E-state index contributed by atoms with van der Waals surface area (Å²) in [4.78, 5) is 50.2. The smallest absolute Gasteiger partial charge is 0.264 e. The van der Waals surface area contributed by atoms with Gasteiger partial charge in [-0.3, -0.25) is 19.3 Å². The molecule has 9 heteroatoms. The number of piperidine rings is 1. The Bertz CT molecular complexity index is 1240. The molecule has 1 saturated heterocycles. The van der Waals surface area contributed by atoms with Crippen LogP contribution in [-0.2, 0) is 17.9 Å². The van der Waals surface area contributed by atoms with E-state index < -0.39 is 0 Å². The number of carbonyl (C=O) groups is 3. The number of imide groups is 1. The number of rotatable bonds is 6. The fraction of sp³-hybridized carbons (Fsp3) is 0.360. The zero-order chi connectivity index (χ0) is 23.8. The number of thiazole rings is 1. The number of anilines is 1. The van der Waals surface area contributed by atoms with E-state index in [4.69, 9.17) is 0 Å². The molecule has 0 spiro atoms. The standard InChI is InChI=1S/C25H26N4O3S2/c1-16-26-18(15-34-16)13-27(2)23(30)17-6-4-10-28(12-17)21-9-3-8-20-22(21)25(32)29(24(20)31)14-19-7-5-11-33-19/h3,5,7-9,11,15,17H,4,6,10,12-14H2,1-2H3/t17-/m1/s1. The minimum absolute atomic E-state index is 0.0876. The van der Waals surface area contributed by atoms with Crippen molar-refractivity contribution in [3.63, 3.8) is 0 Å². The Morgan fingerprint density at radius 1 is 1.18 bits per heavy atom. The third kappa shape index (κ3) is 4.25. The molecule has 0 N–H and O–H groups in total. The molecule has 1 aromatic carbocycles. The van der Waals surface area contributed by atoms with E-state index in [-0.39, 0.29) is 30.2 Å². The van der Waals surface area contributed by atoms with Crippen molar-refractivity contribution in [2.45, 2.75) is 32.9 Å². The van der Waals surface area contributed by atoms with Gasteiger partial charge in [0.15, 0.2) is 0 Å². The molecule has 4 heterocycles. The molecule has 0 unspecified atom stereocenters. The lowest BCUT2D eigenvalue weighted by Crippen LogP contribution is -2.44. The number of carbonyl (C=O) groups excluding carboxylic acids is 3. The fourth-order valence-electron chi connectivity index (χ4n) is 4.79. The lowest BCUT2D eigenvalue weighted by molar-refractivity contribution is -0.135. The molecule has 0 radical (unpaired) electrons. The lowest BCUT2D eigenvalue weighted by atomic mass is 9.95. The van der Waals surface area contributed by atoms with Crippen LogP contribution in [0.15, 0.2) is 41.1 Å². The third-order valence-corrected chi connectivity index (χ3v) is 8.11. The molecule has 5 rings (SSSR count). The maximum atomic E-state index is 13.3. The SMILES string of the molecule is Cc1nc(CN(C)C(=O)[C@@H]2CCCN(c3cccc4c3C(=O)N(Cc3cccs3)C4=O)C2)cs1. The van der Waals surface area contributed by atoms with E-state index in [9.17, 15) is 14.4 Å². The third-order valence-electron chi connectivity index (χ3n) is 6.42. The van der Waals surface area contributed by atoms with E-state index in [2.05, 4.69) is 9.88 Å². The molecule has 2 aliphatic heterocycles. The number of fused-ring (bicyclic) bond motifs is 1. The Morgan fingerprint density at radius 2 is 2.03 bits per heavy atom. The summed E-state index contributed by atoms with van der Waals surface area (Å²) in [6.07, 6.45) is 1.66. The number of hydrogen-bond acceptors (Lipinski definition) is 7. The predicted octanol–water partition coefficient (Wildman–Crippen LogP) is 4.18. The van der Waals surface area contributed by atoms with Crippen LogP contribution in [0.5, 0.6) is 0 Å². The Balaban J connectivity index is 1.34. The van der Waals surface area contributed by atoms with Gasteiger partial charge in [-0.05, 0) is 43.3 Å². The molecular weight excluding hydrogens is 468 g/mol. The summed E-state index contributed by atoms with van der Waals surface area (Å²) in [5.74, 6) is -0.583. The fourth-order valence-corrected chi connectivity index (χ4v) is 6.09. The molecule has 2 aliphatic rings. The van der Waals surface area contributed by atoms with Gasteiger partial charge in [0, 0.05) is 30.4 Å². The second kappa shape index (κ2) is 9.31. The van der Waals surface area contributed by atoms with Crippen LogP contribution in [0.2, 0.25) is 0 Å². The number of aromatic nitrogens is 1. The minimum atomic E-state index is -0.256. The van der Waals surface area contributed by atoms with Crippen molar-refractivity contribution >= 4 is 46.1 Å². The number of hydrogen-bond donors (Lipinski definition) is 0. The molecule has 34 heavy (non-hydrogen) atoms. The lowest BCUT2D eigenvalue weighted by Gasteiger charge is -2.36. The Labute approximate surface area is 206 Å². The van der Waals surface area contributed by atoms with Crippen LogP contribution in [0, 0.1) is 12.8 Å². The van der Waals surface area contributed by atoms with Crippen LogP contribution in [0.25, 0.3) is 0 Å². The quantitative estimate of drug-likeness (QED) is 0.481. The molecule has 1 atom stereocenters. The van der Waals surface area contributed by atoms with E-state index in [0.717, 1.165) is 40.7 Å². The first-order chi connectivity index (χ1) is 16.4. The van der Waals surface area contributed by atoms with Gasteiger partial charge in [-0.2, -0.15) is 0 Å². The largest absolute Gasteiger partial charge is 0.370 e. The summed E-state index contributed by atoms with van der Waals surface area (Å²) >= 11 is 3.11. The maximum absolute atomic E-state index is 13.3. The van der Waals surface area contributed by atoms with Gasteiger partial charge in [-0.1, -0.05) is 12.1 Å². The molecule has 3 aromatic rings. The van der Waals surface area contributed by atoms with E-state index >= 15 is 0 Å². The van der Waals surface area contributed by atoms with E-state index in [1.54, 1.807) is 22.3 Å². The van der Waals surface area contributed by atoms with Crippen LogP contribution in [0.1, 0.15) is 49.1 Å². The summed E-state index contributed by atoms with van der Waals surface area (Å²) in [5, 5.41) is 4.92. The Hall–Kier alpha value is -3.04. The van der Waals surface area contributed by atoms with Gasteiger partial charge in [0.2, 0.25) is 5.91 Å². The minimum Gasteiger partial charge on any atom is -0.370 e. The molecular formula is C25H26N4O3S2. The van der Waals surface area contributed by atoms with Gasteiger partial charge < -0.3 is 9.80 Å². The van der Waals surface area contributed by atoms with Gasteiger partial charge >= 0.3 is 0 Å². The summed E-state index contributed by atoms with van der Waals surface area (Å²) in [6, 6.07) is 9.30. The first-order valence-corrected chi connectivity index (χ1v) is 13.1. The monoisotopic (exact) mass is 494 g/mol. The number of aryl methyl sites for hydroxylation is 1. The van der Waals surface area contributed by atoms with Crippen LogP contribution >= 0.6 is 22.7 Å². The highest BCUT2D eigenvalue weighted by Gasteiger charge is 2.39. The average molecular weight is 495 g/mol. The number of benzene rings is 1. The van der Waals surface area contributed by atoms with Crippen molar-refractivity contribution in [2.75, 3.05) is 25.0 Å². The van der Waals surface area contributed by atoms with Crippen LogP contribution < -0.4 is 4.90 Å².